The van der Waals surface area contributed by atoms with Crippen LogP contribution in [0.4, 0.5) is 16.2 Å². The number of carbonyl (C=O) groups is 2. The average molecular weight is 336 g/mol. The lowest BCUT2D eigenvalue weighted by molar-refractivity contribution is -0.117. The van der Waals surface area contributed by atoms with Crippen molar-refractivity contribution in [1.82, 2.24) is 0 Å². The molecule has 1 aliphatic rings. The summed E-state index contributed by atoms with van der Waals surface area (Å²) in [7, 11) is 0. The topological polar surface area (TPSA) is 87.8 Å². The first-order valence-corrected chi connectivity index (χ1v) is 8.13. The fourth-order valence-electron chi connectivity index (χ4n) is 2.94. The molecule has 3 amide bonds. The van der Waals surface area contributed by atoms with Gasteiger partial charge in [0.25, 0.3) is 5.91 Å². The summed E-state index contributed by atoms with van der Waals surface area (Å²) in [6.07, 6.45) is -0.426. The van der Waals surface area contributed by atoms with Gasteiger partial charge in [0.15, 0.2) is 0 Å². The zero-order valence-corrected chi connectivity index (χ0v) is 14.2. The zero-order chi connectivity index (χ0) is 18.0. The summed E-state index contributed by atoms with van der Waals surface area (Å²) in [4.78, 5) is 30.7. The van der Waals surface area contributed by atoms with Crippen LogP contribution in [0.25, 0.3) is 0 Å². The van der Waals surface area contributed by atoms with Crippen LogP contribution in [0.3, 0.4) is 0 Å². The van der Waals surface area contributed by atoms with Crippen molar-refractivity contribution in [3.05, 3.63) is 59.7 Å². The summed E-state index contributed by atoms with van der Waals surface area (Å²) in [5, 5.41) is 2.85. The molecule has 6 heteroatoms. The number of nitrogens with one attached hydrogen (secondary N) is 1. The third-order valence-electron chi connectivity index (χ3n) is 4.11. The normalized spacial score (nSPS) is 16.3. The van der Waals surface area contributed by atoms with Crippen molar-refractivity contribution in [3.8, 4) is 0 Å². The number of para-hydroxylation sites is 1. The first-order valence-electron chi connectivity index (χ1n) is 8.13. The van der Waals surface area contributed by atoms with Gasteiger partial charge in [-0.2, -0.15) is 0 Å². The molecule has 0 aliphatic carbocycles. The molecular weight excluding hydrogens is 316 g/mol. The highest BCUT2D eigenvalue weighted by atomic mass is 16.2. The van der Waals surface area contributed by atoms with E-state index in [1.807, 2.05) is 50.2 Å². The number of hydrogen-bond donors (Lipinski definition) is 2. The molecule has 6 nitrogen and oxygen atoms in total. The van der Waals surface area contributed by atoms with E-state index < -0.39 is 18.1 Å². The molecule has 3 N–H and O–H groups in total. The van der Waals surface area contributed by atoms with Crippen LogP contribution in [-0.2, 0) is 4.79 Å². The first kappa shape index (κ1) is 16.7. The van der Waals surface area contributed by atoms with Gasteiger partial charge in [-0.15, -0.1) is 0 Å². The summed E-state index contributed by atoms with van der Waals surface area (Å²) >= 11 is 0. The van der Waals surface area contributed by atoms with Crippen molar-refractivity contribution in [2.24, 2.45) is 10.7 Å². The number of anilines is 2. The van der Waals surface area contributed by atoms with Crippen LogP contribution in [-0.4, -0.2) is 23.8 Å². The Morgan fingerprint density at radius 2 is 2.00 bits per heavy atom. The molecule has 2 aromatic carbocycles. The minimum Gasteiger partial charge on any atom is -0.351 e. The molecule has 2 aromatic rings. The van der Waals surface area contributed by atoms with Crippen molar-refractivity contribution in [3.63, 3.8) is 0 Å². The molecule has 128 valence electrons. The highest BCUT2D eigenvalue weighted by molar-refractivity contribution is 6.14. The molecule has 0 aromatic heterocycles. The summed E-state index contributed by atoms with van der Waals surface area (Å²) in [5.41, 5.74) is 9.38. The molecule has 0 bridgehead atoms. The molecule has 25 heavy (non-hydrogen) atoms. The molecule has 1 aliphatic heterocycles. The predicted octanol–water partition coefficient (Wildman–Crippen LogP) is 3.06. The van der Waals surface area contributed by atoms with Crippen molar-refractivity contribution in [1.29, 1.82) is 0 Å². The molecule has 1 atom stereocenters. The van der Waals surface area contributed by atoms with E-state index in [-0.39, 0.29) is 0 Å². The van der Waals surface area contributed by atoms with E-state index in [0.29, 0.717) is 17.8 Å². The number of carbonyl (C=O) groups excluding carboxylic acids is 2. The van der Waals surface area contributed by atoms with Gasteiger partial charge in [0.1, 0.15) is 0 Å². The fraction of sp³-hybridized carbons (Fsp3) is 0.211. The summed E-state index contributed by atoms with van der Waals surface area (Å²) < 4.78 is 0. The molecule has 3 rings (SSSR count). The monoisotopic (exact) mass is 336 g/mol. The highest BCUT2D eigenvalue weighted by Crippen LogP contribution is 2.26. The van der Waals surface area contributed by atoms with Gasteiger partial charge < -0.3 is 11.1 Å². The lowest BCUT2D eigenvalue weighted by Crippen LogP contribution is -2.49. The van der Waals surface area contributed by atoms with E-state index in [9.17, 15) is 9.59 Å². The standard InChI is InChI=1S/C19H20N4O2/c1-3-15-14-9-4-5-10-16(14)22-18(24)17(21-15)23(19(20)25)13-8-6-7-12(2)11-13/h4-11,17H,3H2,1-2H3,(H2,20,25)(H,22,24)/t17-/m1/s1. The molecule has 0 spiro atoms. The van der Waals surface area contributed by atoms with Crippen molar-refractivity contribution < 1.29 is 9.59 Å². The van der Waals surface area contributed by atoms with E-state index in [2.05, 4.69) is 10.3 Å². The quantitative estimate of drug-likeness (QED) is 0.902. The van der Waals surface area contributed by atoms with Crippen LogP contribution >= 0.6 is 0 Å². The molecule has 0 saturated carbocycles. The van der Waals surface area contributed by atoms with Gasteiger partial charge in [-0.3, -0.25) is 14.7 Å². The highest BCUT2D eigenvalue weighted by Gasteiger charge is 2.32. The van der Waals surface area contributed by atoms with E-state index in [1.165, 1.54) is 4.90 Å². The van der Waals surface area contributed by atoms with Crippen LogP contribution in [0, 0.1) is 6.92 Å². The molecule has 0 fully saturated rings. The van der Waals surface area contributed by atoms with Crippen molar-refractivity contribution in [2.75, 3.05) is 10.2 Å². The maximum absolute atomic E-state index is 12.8. The number of amides is 3. The minimum atomic E-state index is -1.05. The molecule has 0 unspecified atom stereocenters. The van der Waals surface area contributed by atoms with Gasteiger partial charge in [0.2, 0.25) is 6.17 Å². The van der Waals surface area contributed by atoms with Crippen LogP contribution < -0.4 is 16.0 Å². The number of rotatable bonds is 3. The number of nitrogens with zero attached hydrogens (tertiary/aromatic N) is 2. The summed E-state index contributed by atoms with van der Waals surface area (Å²) in [6.45, 7) is 3.87. The number of fused-ring (bicyclic) bond motifs is 1. The Bertz CT molecular complexity index is 860. The molecule has 1 heterocycles. The second-order valence-corrected chi connectivity index (χ2v) is 5.89. The third-order valence-corrected chi connectivity index (χ3v) is 4.11. The lowest BCUT2D eigenvalue weighted by Gasteiger charge is -2.26. The van der Waals surface area contributed by atoms with Gasteiger partial charge in [-0.05, 0) is 37.1 Å². The maximum atomic E-state index is 12.8. The van der Waals surface area contributed by atoms with E-state index in [0.717, 1.165) is 16.8 Å². The van der Waals surface area contributed by atoms with Crippen molar-refractivity contribution >= 4 is 29.0 Å². The second-order valence-electron chi connectivity index (χ2n) is 5.89. The zero-order valence-electron chi connectivity index (χ0n) is 14.2. The number of benzodiazepines with no additional fused rings is 1. The van der Waals surface area contributed by atoms with Crippen LogP contribution in [0.1, 0.15) is 24.5 Å². The third kappa shape index (κ3) is 3.24. The lowest BCUT2D eigenvalue weighted by atomic mass is 10.1. The van der Waals surface area contributed by atoms with Gasteiger partial charge in [-0.25, -0.2) is 4.79 Å². The number of aliphatic imine (C=N–C) groups is 1. The van der Waals surface area contributed by atoms with Crippen LogP contribution in [0.5, 0.6) is 0 Å². The largest absolute Gasteiger partial charge is 0.351 e. The number of hydrogen-bond acceptors (Lipinski definition) is 3. The van der Waals surface area contributed by atoms with E-state index >= 15 is 0 Å². The Morgan fingerprint density at radius 3 is 2.68 bits per heavy atom. The number of urea groups is 1. The Kier molecular flexibility index (Phi) is 4.52. The number of primary amides is 1. The summed E-state index contributed by atoms with van der Waals surface area (Å²) in [5.74, 6) is -0.392. The van der Waals surface area contributed by atoms with Gasteiger partial charge in [0.05, 0.1) is 0 Å². The number of benzene rings is 2. The van der Waals surface area contributed by atoms with E-state index in [4.69, 9.17) is 5.73 Å². The van der Waals surface area contributed by atoms with Crippen LogP contribution in [0.15, 0.2) is 53.5 Å². The minimum absolute atomic E-state index is 0.392. The number of nitrogens with two attached hydrogens (primary N) is 1. The second kappa shape index (κ2) is 6.76. The van der Waals surface area contributed by atoms with Gasteiger partial charge in [0, 0.05) is 22.6 Å². The summed E-state index contributed by atoms with van der Waals surface area (Å²) in [6, 6.07) is 14.0. The maximum Gasteiger partial charge on any atom is 0.321 e. The molecule has 0 radical (unpaired) electrons. The fourth-order valence-corrected chi connectivity index (χ4v) is 2.94. The molecular formula is C19H20N4O2. The van der Waals surface area contributed by atoms with Gasteiger partial charge >= 0.3 is 6.03 Å². The average Bonchev–Trinajstić information content (AvgIpc) is 2.72. The first-order chi connectivity index (χ1) is 12.0. The van der Waals surface area contributed by atoms with Crippen molar-refractivity contribution in [2.45, 2.75) is 26.4 Å². The Morgan fingerprint density at radius 1 is 1.24 bits per heavy atom. The SMILES string of the molecule is CCC1=N[C@H](N(C(N)=O)c2cccc(C)c2)C(=O)Nc2ccccc21. The Balaban J connectivity index is 2.11. The Labute approximate surface area is 146 Å². The van der Waals surface area contributed by atoms with Crippen LogP contribution in [0.2, 0.25) is 0 Å². The predicted molar refractivity (Wildman–Crippen MR) is 98.9 cm³/mol. The molecule has 0 saturated heterocycles. The van der Waals surface area contributed by atoms with Gasteiger partial charge in [-0.1, -0.05) is 37.3 Å². The smallest absolute Gasteiger partial charge is 0.321 e. The number of aryl methyl sites for hydroxylation is 1. The van der Waals surface area contributed by atoms with E-state index in [1.54, 1.807) is 12.1 Å². The Hall–Kier alpha value is -3.15.